The molecule has 0 spiro atoms. The van der Waals surface area contributed by atoms with Crippen LogP contribution in [0.5, 0.6) is 0 Å². The van der Waals surface area contributed by atoms with Gasteiger partial charge >= 0.3 is 5.97 Å². The number of hydrogen-bond donors (Lipinski definition) is 2. The lowest BCUT2D eigenvalue weighted by Crippen LogP contribution is -1.95. The molecule has 16 heavy (non-hydrogen) atoms. The SMILES string of the molecule is Cn1nc2[nH]c3ccc(C(=O)O)cc3c2n1. The van der Waals surface area contributed by atoms with Crippen molar-refractivity contribution in [3.63, 3.8) is 0 Å². The molecule has 1 aromatic carbocycles. The maximum atomic E-state index is 10.9. The molecule has 0 fully saturated rings. The molecule has 0 amide bonds. The molecule has 0 atom stereocenters. The van der Waals surface area contributed by atoms with E-state index in [4.69, 9.17) is 5.11 Å². The Kier molecular flexibility index (Phi) is 1.57. The van der Waals surface area contributed by atoms with Crippen LogP contribution >= 0.6 is 0 Å². The van der Waals surface area contributed by atoms with Crippen molar-refractivity contribution in [2.24, 2.45) is 7.05 Å². The van der Waals surface area contributed by atoms with E-state index in [0.717, 1.165) is 10.9 Å². The zero-order valence-electron chi connectivity index (χ0n) is 8.43. The number of benzene rings is 1. The third kappa shape index (κ3) is 1.10. The highest BCUT2D eigenvalue weighted by Gasteiger charge is 2.11. The Morgan fingerprint density at radius 1 is 1.44 bits per heavy atom. The van der Waals surface area contributed by atoms with Crippen LogP contribution in [0.2, 0.25) is 0 Å². The van der Waals surface area contributed by atoms with Gasteiger partial charge < -0.3 is 10.1 Å². The summed E-state index contributed by atoms with van der Waals surface area (Å²) >= 11 is 0. The number of fused-ring (bicyclic) bond motifs is 3. The van der Waals surface area contributed by atoms with Crippen molar-refractivity contribution in [3.8, 4) is 0 Å². The summed E-state index contributed by atoms with van der Waals surface area (Å²) < 4.78 is 0. The second-order valence-corrected chi connectivity index (χ2v) is 3.58. The predicted molar refractivity (Wildman–Crippen MR) is 57.3 cm³/mol. The van der Waals surface area contributed by atoms with E-state index < -0.39 is 5.97 Å². The summed E-state index contributed by atoms with van der Waals surface area (Å²) in [5.74, 6) is -0.944. The Labute approximate surface area is 89.5 Å². The van der Waals surface area contributed by atoms with Gasteiger partial charge in [0.15, 0.2) is 5.65 Å². The lowest BCUT2D eigenvalue weighted by Gasteiger charge is -1.94. The summed E-state index contributed by atoms with van der Waals surface area (Å²) in [7, 11) is 1.72. The number of nitrogens with one attached hydrogen (secondary N) is 1. The molecular formula is C10H8N4O2. The van der Waals surface area contributed by atoms with Crippen LogP contribution in [-0.4, -0.2) is 31.1 Å². The fraction of sp³-hybridized carbons (Fsp3) is 0.100. The highest BCUT2D eigenvalue weighted by molar-refractivity contribution is 6.06. The van der Waals surface area contributed by atoms with Gasteiger partial charge in [0.2, 0.25) is 0 Å². The number of aromatic carboxylic acids is 1. The molecule has 0 aliphatic rings. The van der Waals surface area contributed by atoms with Crippen LogP contribution in [0.4, 0.5) is 0 Å². The van der Waals surface area contributed by atoms with E-state index in [1.165, 1.54) is 4.80 Å². The van der Waals surface area contributed by atoms with E-state index in [-0.39, 0.29) is 5.56 Å². The monoisotopic (exact) mass is 216 g/mol. The number of aryl methyl sites for hydroxylation is 1. The number of H-pyrrole nitrogens is 1. The number of nitrogens with zero attached hydrogens (tertiary/aromatic N) is 3. The van der Waals surface area contributed by atoms with E-state index in [9.17, 15) is 4.79 Å². The van der Waals surface area contributed by atoms with Crippen molar-refractivity contribution in [1.82, 2.24) is 20.0 Å². The molecule has 3 aromatic rings. The van der Waals surface area contributed by atoms with Gasteiger partial charge in [-0.3, -0.25) is 0 Å². The molecule has 0 saturated carbocycles. The minimum atomic E-state index is -0.944. The zero-order chi connectivity index (χ0) is 11.3. The molecule has 3 rings (SSSR count). The topological polar surface area (TPSA) is 83.8 Å². The van der Waals surface area contributed by atoms with Gasteiger partial charge in [-0.2, -0.15) is 9.90 Å². The largest absolute Gasteiger partial charge is 0.478 e. The number of hydrogen-bond acceptors (Lipinski definition) is 3. The van der Waals surface area contributed by atoms with Gasteiger partial charge in [0.05, 0.1) is 5.56 Å². The smallest absolute Gasteiger partial charge is 0.335 e. The van der Waals surface area contributed by atoms with Crippen LogP contribution in [0.1, 0.15) is 10.4 Å². The first kappa shape index (κ1) is 8.90. The number of aromatic amines is 1. The second kappa shape index (κ2) is 2.82. The van der Waals surface area contributed by atoms with Crippen LogP contribution < -0.4 is 0 Å². The van der Waals surface area contributed by atoms with Crippen molar-refractivity contribution in [2.45, 2.75) is 0 Å². The number of rotatable bonds is 1. The molecule has 0 unspecified atom stereocenters. The minimum Gasteiger partial charge on any atom is -0.478 e. The Hall–Kier alpha value is -2.37. The summed E-state index contributed by atoms with van der Waals surface area (Å²) in [4.78, 5) is 15.4. The van der Waals surface area contributed by atoms with Crippen LogP contribution in [0.3, 0.4) is 0 Å². The predicted octanol–water partition coefficient (Wildman–Crippen LogP) is 1.15. The molecule has 80 valence electrons. The van der Waals surface area contributed by atoms with Gasteiger partial charge in [-0.15, -0.1) is 5.10 Å². The van der Waals surface area contributed by atoms with Gasteiger partial charge in [0.25, 0.3) is 0 Å². The molecule has 2 heterocycles. The molecule has 0 radical (unpaired) electrons. The van der Waals surface area contributed by atoms with E-state index in [1.54, 1.807) is 25.2 Å². The maximum absolute atomic E-state index is 10.9. The van der Waals surface area contributed by atoms with Crippen LogP contribution in [0.15, 0.2) is 18.2 Å². The molecule has 0 bridgehead atoms. The normalized spacial score (nSPS) is 11.3. The van der Waals surface area contributed by atoms with E-state index in [1.807, 2.05) is 0 Å². The molecule has 6 nitrogen and oxygen atoms in total. The van der Waals surface area contributed by atoms with Crippen LogP contribution in [0, 0.1) is 0 Å². The first-order valence-electron chi connectivity index (χ1n) is 4.71. The first-order valence-corrected chi connectivity index (χ1v) is 4.71. The molecule has 2 N–H and O–H groups in total. The van der Waals surface area contributed by atoms with Crippen molar-refractivity contribution in [3.05, 3.63) is 23.8 Å². The third-order valence-corrected chi connectivity index (χ3v) is 2.49. The molecule has 0 aliphatic carbocycles. The summed E-state index contributed by atoms with van der Waals surface area (Å²) in [6.45, 7) is 0. The number of aromatic nitrogens is 4. The Bertz CT molecular complexity index is 710. The Balaban J connectivity index is 2.41. The van der Waals surface area contributed by atoms with Crippen molar-refractivity contribution < 1.29 is 9.90 Å². The Morgan fingerprint density at radius 2 is 2.25 bits per heavy atom. The van der Waals surface area contributed by atoms with Gasteiger partial charge in [0.1, 0.15) is 5.52 Å². The average Bonchev–Trinajstić information content (AvgIpc) is 2.72. The summed E-state index contributed by atoms with van der Waals surface area (Å²) in [6, 6.07) is 4.88. The summed E-state index contributed by atoms with van der Waals surface area (Å²) in [5.41, 5.74) is 2.45. The van der Waals surface area contributed by atoms with Crippen molar-refractivity contribution in [2.75, 3.05) is 0 Å². The van der Waals surface area contributed by atoms with Gasteiger partial charge in [0, 0.05) is 18.0 Å². The number of carbonyl (C=O) groups is 1. The van der Waals surface area contributed by atoms with Crippen LogP contribution in [-0.2, 0) is 7.05 Å². The minimum absolute atomic E-state index is 0.249. The molecular weight excluding hydrogens is 208 g/mol. The van der Waals surface area contributed by atoms with Gasteiger partial charge in [-0.25, -0.2) is 4.79 Å². The van der Waals surface area contributed by atoms with Crippen molar-refractivity contribution in [1.29, 1.82) is 0 Å². The lowest BCUT2D eigenvalue weighted by molar-refractivity contribution is 0.0697. The average molecular weight is 216 g/mol. The van der Waals surface area contributed by atoms with E-state index in [0.29, 0.717) is 11.2 Å². The molecule has 0 aliphatic heterocycles. The molecule has 6 heteroatoms. The van der Waals surface area contributed by atoms with E-state index in [2.05, 4.69) is 15.2 Å². The summed E-state index contributed by atoms with van der Waals surface area (Å²) in [5, 5.41) is 18.0. The third-order valence-electron chi connectivity index (χ3n) is 2.49. The fourth-order valence-electron chi connectivity index (χ4n) is 1.78. The number of carboxylic acids is 1. The van der Waals surface area contributed by atoms with Crippen LogP contribution in [0.25, 0.3) is 22.1 Å². The fourth-order valence-corrected chi connectivity index (χ4v) is 1.78. The molecule has 2 aromatic heterocycles. The van der Waals surface area contributed by atoms with Gasteiger partial charge in [-0.1, -0.05) is 0 Å². The maximum Gasteiger partial charge on any atom is 0.335 e. The first-order chi connectivity index (χ1) is 7.65. The lowest BCUT2D eigenvalue weighted by atomic mass is 10.1. The zero-order valence-corrected chi connectivity index (χ0v) is 8.43. The standard InChI is InChI=1S/C10H8N4O2/c1-14-12-8-6-4-5(10(15)16)2-3-7(6)11-9(8)13-14/h2-4H,1H3,(H,11,13)(H,15,16). The Morgan fingerprint density at radius 3 is 3.00 bits per heavy atom. The number of carboxylic acid groups (broad SMARTS) is 1. The van der Waals surface area contributed by atoms with Gasteiger partial charge in [-0.05, 0) is 18.2 Å². The highest BCUT2D eigenvalue weighted by Crippen LogP contribution is 2.23. The highest BCUT2D eigenvalue weighted by atomic mass is 16.4. The van der Waals surface area contributed by atoms with E-state index >= 15 is 0 Å². The summed E-state index contributed by atoms with van der Waals surface area (Å²) in [6.07, 6.45) is 0. The van der Waals surface area contributed by atoms with Crippen molar-refractivity contribution >= 4 is 28.0 Å². The quantitative estimate of drug-likeness (QED) is 0.639. The second-order valence-electron chi connectivity index (χ2n) is 3.58. The molecule has 0 saturated heterocycles.